The summed E-state index contributed by atoms with van der Waals surface area (Å²) in [6.07, 6.45) is 1.61. The summed E-state index contributed by atoms with van der Waals surface area (Å²) in [5, 5.41) is 5.39. The topological polar surface area (TPSA) is 51.1 Å². The van der Waals surface area contributed by atoms with Gasteiger partial charge in [-0.05, 0) is 54.1 Å². The Morgan fingerprint density at radius 2 is 1.65 bits per heavy atom. The third-order valence-corrected chi connectivity index (χ3v) is 5.23. The number of rotatable bonds is 7. The third kappa shape index (κ3) is 5.30. The smallest absolute Gasteiger partial charge is 0.259 e. The van der Waals surface area contributed by atoms with Crippen LogP contribution in [-0.4, -0.2) is 40.4 Å². The highest BCUT2D eigenvalue weighted by molar-refractivity contribution is 9.10. The minimum absolute atomic E-state index is 0.0954. The molecule has 2 aromatic carbocycles. The summed E-state index contributed by atoms with van der Waals surface area (Å²) in [6, 6.07) is 15.1. The van der Waals surface area contributed by atoms with Crippen LogP contribution in [0, 0.1) is 0 Å². The van der Waals surface area contributed by atoms with Crippen LogP contribution in [0.2, 0.25) is 0 Å². The molecule has 0 saturated carbocycles. The van der Waals surface area contributed by atoms with E-state index in [1.165, 1.54) is 16.8 Å². The third-order valence-electron chi connectivity index (χ3n) is 3.37. The number of benzene rings is 2. The number of halogens is 1. The highest BCUT2D eigenvalue weighted by Gasteiger charge is 2.25. The van der Waals surface area contributed by atoms with Gasteiger partial charge < -0.3 is 9.47 Å². The van der Waals surface area contributed by atoms with Crippen molar-refractivity contribution < 1.29 is 14.3 Å². The second kappa shape index (κ2) is 9.16. The van der Waals surface area contributed by atoms with Gasteiger partial charge in [-0.25, -0.2) is 0 Å². The Balaban J connectivity index is 1.44. The van der Waals surface area contributed by atoms with Gasteiger partial charge in [0, 0.05) is 4.47 Å². The van der Waals surface area contributed by atoms with Gasteiger partial charge in [-0.15, -0.1) is 0 Å². The molecule has 1 aliphatic rings. The zero-order valence-corrected chi connectivity index (χ0v) is 16.9. The van der Waals surface area contributed by atoms with Gasteiger partial charge in [-0.2, -0.15) is 10.1 Å². The van der Waals surface area contributed by atoms with Gasteiger partial charge in [0.1, 0.15) is 24.7 Å². The van der Waals surface area contributed by atoms with E-state index in [1.54, 1.807) is 6.21 Å². The van der Waals surface area contributed by atoms with Gasteiger partial charge in [-0.1, -0.05) is 39.9 Å². The summed E-state index contributed by atoms with van der Waals surface area (Å²) < 4.78 is 12.8. The first kappa shape index (κ1) is 18.9. The minimum atomic E-state index is -0.0954. The molecule has 26 heavy (non-hydrogen) atoms. The van der Waals surface area contributed by atoms with Crippen LogP contribution < -0.4 is 9.47 Å². The van der Waals surface area contributed by atoms with Crippen LogP contribution >= 0.6 is 39.9 Å². The minimum Gasteiger partial charge on any atom is -0.490 e. The van der Waals surface area contributed by atoms with Gasteiger partial charge in [0.25, 0.3) is 5.91 Å². The lowest BCUT2D eigenvalue weighted by molar-refractivity contribution is -0.123. The van der Waals surface area contributed by atoms with Crippen molar-refractivity contribution in [3.8, 4) is 11.5 Å². The Bertz CT molecular complexity index is 794. The highest BCUT2D eigenvalue weighted by Crippen LogP contribution is 2.20. The molecule has 0 bridgehead atoms. The maximum Gasteiger partial charge on any atom is 0.259 e. The van der Waals surface area contributed by atoms with Crippen molar-refractivity contribution in [1.82, 2.24) is 5.01 Å². The van der Waals surface area contributed by atoms with Crippen LogP contribution in [0.25, 0.3) is 0 Å². The van der Waals surface area contributed by atoms with Gasteiger partial charge in [-0.3, -0.25) is 4.79 Å². The molecule has 0 atom stereocenters. The Hall–Kier alpha value is -1.90. The number of ether oxygens (including phenoxy) is 2. The van der Waals surface area contributed by atoms with Crippen LogP contribution in [0.1, 0.15) is 5.56 Å². The predicted molar refractivity (Wildman–Crippen MR) is 111 cm³/mol. The molecule has 5 nitrogen and oxygen atoms in total. The van der Waals surface area contributed by atoms with E-state index in [0.29, 0.717) is 23.3 Å². The Kier molecular flexibility index (Phi) is 6.65. The fourth-order valence-electron chi connectivity index (χ4n) is 2.08. The standard InChI is InChI=1S/C18H15BrN2O3S2/c19-14-3-7-16(8-4-14)24-10-9-23-15-5-1-13(2-6-15)11-20-21-17(22)12-26-18(21)25/h1-8,11H,9-10,12H2. The van der Waals surface area contributed by atoms with Crippen molar-refractivity contribution in [2.75, 3.05) is 19.0 Å². The van der Waals surface area contributed by atoms with Gasteiger partial charge in [0.15, 0.2) is 4.32 Å². The maximum absolute atomic E-state index is 11.6. The van der Waals surface area contributed by atoms with Crippen molar-refractivity contribution in [3.63, 3.8) is 0 Å². The van der Waals surface area contributed by atoms with E-state index in [0.717, 1.165) is 21.5 Å². The average molecular weight is 451 g/mol. The van der Waals surface area contributed by atoms with Crippen molar-refractivity contribution in [2.45, 2.75) is 0 Å². The van der Waals surface area contributed by atoms with E-state index >= 15 is 0 Å². The molecule has 0 N–H and O–H groups in total. The van der Waals surface area contributed by atoms with E-state index in [4.69, 9.17) is 21.7 Å². The SMILES string of the molecule is O=C1CSC(=S)N1N=Cc1ccc(OCCOc2ccc(Br)cc2)cc1. The molecule has 2 aromatic rings. The molecule has 1 amide bonds. The van der Waals surface area contributed by atoms with Crippen LogP contribution in [0.4, 0.5) is 0 Å². The zero-order valence-electron chi connectivity index (χ0n) is 13.6. The fourth-order valence-corrected chi connectivity index (χ4v) is 3.31. The number of hydrazone groups is 1. The average Bonchev–Trinajstić information content (AvgIpc) is 2.97. The number of hydrogen-bond donors (Lipinski definition) is 0. The van der Waals surface area contributed by atoms with Crippen LogP contribution in [0.3, 0.4) is 0 Å². The normalized spacial score (nSPS) is 14.3. The van der Waals surface area contributed by atoms with E-state index in [-0.39, 0.29) is 5.91 Å². The Morgan fingerprint density at radius 3 is 2.19 bits per heavy atom. The van der Waals surface area contributed by atoms with Gasteiger partial charge in [0.2, 0.25) is 0 Å². The Labute approximate surface area is 169 Å². The van der Waals surface area contributed by atoms with Crippen molar-refractivity contribution in [3.05, 3.63) is 58.6 Å². The number of hydrogen-bond acceptors (Lipinski definition) is 6. The molecule has 0 spiro atoms. The quantitative estimate of drug-likeness (QED) is 0.361. The molecule has 0 aliphatic carbocycles. The number of thioether (sulfide) groups is 1. The zero-order chi connectivity index (χ0) is 18.4. The summed E-state index contributed by atoms with van der Waals surface area (Å²) in [4.78, 5) is 11.6. The monoisotopic (exact) mass is 450 g/mol. The lowest BCUT2D eigenvalue weighted by Crippen LogP contribution is -2.22. The largest absolute Gasteiger partial charge is 0.490 e. The molecule has 0 radical (unpaired) electrons. The second-order valence-corrected chi connectivity index (χ2v) is 7.75. The second-order valence-electron chi connectivity index (χ2n) is 5.22. The van der Waals surface area contributed by atoms with Crippen LogP contribution in [0.5, 0.6) is 11.5 Å². The molecular formula is C18H15BrN2O3S2. The van der Waals surface area contributed by atoms with E-state index in [9.17, 15) is 4.79 Å². The molecule has 134 valence electrons. The molecule has 1 saturated heterocycles. The number of thiocarbonyl (C=S) groups is 1. The summed E-state index contributed by atoms with van der Waals surface area (Å²) in [5.41, 5.74) is 0.857. The maximum atomic E-state index is 11.6. The Morgan fingerprint density at radius 1 is 1.08 bits per heavy atom. The lowest BCUT2D eigenvalue weighted by Gasteiger charge is -2.09. The summed E-state index contributed by atoms with van der Waals surface area (Å²) in [7, 11) is 0. The van der Waals surface area contributed by atoms with E-state index < -0.39 is 0 Å². The van der Waals surface area contributed by atoms with E-state index in [2.05, 4.69) is 21.0 Å². The van der Waals surface area contributed by atoms with Crippen molar-refractivity contribution >= 4 is 56.4 Å². The lowest BCUT2D eigenvalue weighted by atomic mass is 10.2. The molecular weight excluding hydrogens is 436 g/mol. The van der Waals surface area contributed by atoms with Gasteiger partial charge in [0.05, 0.1) is 12.0 Å². The first-order valence-electron chi connectivity index (χ1n) is 7.77. The number of carbonyl (C=O) groups excluding carboxylic acids is 1. The van der Waals surface area contributed by atoms with Crippen LogP contribution in [0.15, 0.2) is 58.1 Å². The summed E-state index contributed by atoms with van der Waals surface area (Å²) in [5.74, 6) is 1.80. The highest BCUT2D eigenvalue weighted by atomic mass is 79.9. The van der Waals surface area contributed by atoms with Crippen molar-refractivity contribution in [1.29, 1.82) is 0 Å². The first-order chi connectivity index (χ1) is 12.6. The molecule has 8 heteroatoms. The van der Waals surface area contributed by atoms with E-state index in [1.807, 2.05) is 48.5 Å². The molecule has 1 heterocycles. The van der Waals surface area contributed by atoms with Crippen molar-refractivity contribution in [2.24, 2.45) is 5.10 Å². The summed E-state index contributed by atoms with van der Waals surface area (Å²) in [6.45, 7) is 0.897. The summed E-state index contributed by atoms with van der Waals surface area (Å²) >= 11 is 9.78. The number of carbonyl (C=O) groups is 1. The van der Waals surface area contributed by atoms with Gasteiger partial charge >= 0.3 is 0 Å². The first-order valence-corrected chi connectivity index (χ1v) is 9.95. The number of nitrogens with zero attached hydrogens (tertiary/aromatic N) is 2. The fraction of sp³-hybridized carbons (Fsp3) is 0.167. The molecule has 0 unspecified atom stereocenters. The number of amides is 1. The molecule has 3 rings (SSSR count). The molecule has 1 aliphatic heterocycles. The molecule has 1 fully saturated rings. The van der Waals surface area contributed by atoms with Crippen LogP contribution in [-0.2, 0) is 4.79 Å². The predicted octanol–water partition coefficient (Wildman–Crippen LogP) is 4.10. The molecule has 0 aromatic heterocycles.